The third kappa shape index (κ3) is 2.82. The minimum atomic E-state index is -0.470. The zero-order chi connectivity index (χ0) is 11.3. The summed E-state index contributed by atoms with van der Waals surface area (Å²) in [5.41, 5.74) is 0. The number of nitrogens with zero attached hydrogens (tertiary/aromatic N) is 1. The first-order valence-corrected chi connectivity index (χ1v) is 5.06. The van der Waals surface area contributed by atoms with E-state index in [1.807, 2.05) is 0 Å². The predicted molar refractivity (Wildman–Crippen MR) is 54.5 cm³/mol. The quantitative estimate of drug-likeness (QED) is 0.630. The number of hydrogen-bond acceptors (Lipinski definition) is 4. The monoisotopic (exact) mass is 215 g/mol. The van der Waals surface area contributed by atoms with E-state index in [0.29, 0.717) is 26.2 Å². The molecule has 0 spiro atoms. The van der Waals surface area contributed by atoms with Crippen LogP contribution in [0.4, 0.5) is 4.79 Å². The summed E-state index contributed by atoms with van der Waals surface area (Å²) in [7, 11) is 1.56. The summed E-state index contributed by atoms with van der Waals surface area (Å²) in [6.45, 7) is 3.72. The van der Waals surface area contributed by atoms with Gasteiger partial charge in [-0.05, 0) is 6.92 Å². The van der Waals surface area contributed by atoms with Crippen LogP contribution in [0.5, 0.6) is 0 Å². The SMILES string of the molecule is CCOC(=O)N1CCNCC1C(=O)NC. The minimum Gasteiger partial charge on any atom is -0.450 e. The lowest BCUT2D eigenvalue weighted by Crippen LogP contribution is -2.59. The number of likely N-dealkylation sites (N-methyl/N-ethyl adjacent to an activating group) is 1. The van der Waals surface area contributed by atoms with E-state index in [-0.39, 0.29) is 5.91 Å². The molecule has 0 bridgehead atoms. The maximum atomic E-state index is 11.5. The van der Waals surface area contributed by atoms with Crippen molar-refractivity contribution in [2.45, 2.75) is 13.0 Å². The number of nitrogens with one attached hydrogen (secondary N) is 2. The third-order valence-corrected chi connectivity index (χ3v) is 2.29. The molecule has 2 N–H and O–H groups in total. The molecule has 0 saturated carbocycles. The molecule has 1 saturated heterocycles. The molecule has 0 aromatic heterocycles. The zero-order valence-corrected chi connectivity index (χ0v) is 9.08. The van der Waals surface area contributed by atoms with E-state index in [2.05, 4.69) is 10.6 Å². The fraction of sp³-hybridized carbons (Fsp3) is 0.778. The zero-order valence-electron chi connectivity index (χ0n) is 9.08. The van der Waals surface area contributed by atoms with Crippen LogP contribution in [0.2, 0.25) is 0 Å². The van der Waals surface area contributed by atoms with Gasteiger partial charge in [0.25, 0.3) is 0 Å². The molecule has 1 heterocycles. The summed E-state index contributed by atoms with van der Waals surface area (Å²) in [4.78, 5) is 24.5. The fourth-order valence-electron chi connectivity index (χ4n) is 1.53. The van der Waals surface area contributed by atoms with Crippen molar-refractivity contribution in [2.75, 3.05) is 33.3 Å². The van der Waals surface area contributed by atoms with Crippen LogP contribution < -0.4 is 10.6 Å². The number of hydrogen-bond donors (Lipinski definition) is 2. The Morgan fingerprint density at radius 1 is 1.60 bits per heavy atom. The Hall–Kier alpha value is -1.30. The van der Waals surface area contributed by atoms with Crippen LogP contribution in [0.15, 0.2) is 0 Å². The van der Waals surface area contributed by atoms with Crippen molar-refractivity contribution in [3.8, 4) is 0 Å². The third-order valence-electron chi connectivity index (χ3n) is 2.29. The highest BCUT2D eigenvalue weighted by Gasteiger charge is 2.32. The van der Waals surface area contributed by atoms with Crippen LogP contribution in [0.25, 0.3) is 0 Å². The molecule has 0 radical (unpaired) electrons. The highest BCUT2D eigenvalue weighted by molar-refractivity contribution is 5.85. The molecule has 1 atom stereocenters. The van der Waals surface area contributed by atoms with E-state index in [0.717, 1.165) is 0 Å². The van der Waals surface area contributed by atoms with Gasteiger partial charge < -0.3 is 15.4 Å². The summed E-state index contributed by atoms with van der Waals surface area (Å²) in [6, 6.07) is -0.470. The molecule has 0 aromatic carbocycles. The lowest BCUT2D eigenvalue weighted by atomic mass is 10.2. The minimum absolute atomic E-state index is 0.171. The van der Waals surface area contributed by atoms with Gasteiger partial charge in [-0.15, -0.1) is 0 Å². The van der Waals surface area contributed by atoms with E-state index in [9.17, 15) is 9.59 Å². The van der Waals surface area contributed by atoms with Crippen LogP contribution >= 0.6 is 0 Å². The molecule has 1 unspecified atom stereocenters. The Bertz CT molecular complexity index is 245. The van der Waals surface area contributed by atoms with Gasteiger partial charge in [0.05, 0.1) is 6.61 Å². The Morgan fingerprint density at radius 2 is 2.33 bits per heavy atom. The first-order valence-electron chi connectivity index (χ1n) is 5.06. The van der Waals surface area contributed by atoms with Crippen LogP contribution in [0, 0.1) is 0 Å². The maximum Gasteiger partial charge on any atom is 0.410 e. The van der Waals surface area contributed by atoms with Crippen molar-refractivity contribution in [1.82, 2.24) is 15.5 Å². The molecular weight excluding hydrogens is 198 g/mol. The average Bonchev–Trinajstić information content (AvgIpc) is 2.28. The Morgan fingerprint density at radius 3 is 2.93 bits per heavy atom. The first kappa shape index (κ1) is 11.8. The van der Waals surface area contributed by atoms with Crippen molar-refractivity contribution in [3.63, 3.8) is 0 Å². The van der Waals surface area contributed by atoms with Crippen molar-refractivity contribution >= 4 is 12.0 Å². The summed E-state index contributed by atoms with van der Waals surface area (Å²) in [5, 5.41) is 5.60. The van der Waals surface area contributed by atoms with E-state index >= 15 is 0 Å². The lowest BCUT2D eigenvalue weighted by molar-refractivity contribution is -0.126. The van der Waals surface area contributed by atoms with Crippen molar-refractivity contribution in [1.29, 1.82) is 0 Å². The summed E-state index contributed by atoms with van der Waals surface area (Å²) in [6.07, 6.45) is -0.424. The van der Waals surface area contributed by atoms with Crippen molar-refractivity contribution in [2.24, 2.45) is 0 Å². The normalized spacial score (nSPS) is 20.9. The second-order valence-corrected chi connectivity index (χ2v) is 3.23. The van der Waals surface area contributed by atoms with Gasteiger partial charge in [0, 0.05) is 26.7 Å². The predicted octanol–water partition coefficient (Wildman–Crippen LogP) is -0.837. The Labute approximate surface area is 88.9 Å². The molecule has 6 heteroatoms. The first-order chi connectivity index (χ1) is 7.20. The molecule has 2 amide bonds. The highest BCUT2D eigenvalue weighted by atomic mass is 16.6. The van der Waals surface area contributed by atoms with E-state index in [4.69, 9.17) is 4.74 Å². The van der Waals surface area contributed by atoms with Gasteiger partial charge in [-0.3, -0.25) is 9.69 Å². The van der Waals surface area contributed by atoms with Gasteiger partial charge in [-0.2, -0.15) is 0 Å². The summed E-state index contributed by atoms with van der Waals surface area (Å²) < 4.78 is 4.89. The molecule has 0 aromatic rings. The Kier molecular flexibility index (Phi) is 4.36. The summed E-state index contributed by atoms with van der Waals surface area (Å²) >= 11 is 0. The number of ether oxygens (including phenoxy) is 1. The van der Waals surface area contributed by atoms with Crippen LogP contribution in [-0.4, -0.2) is 56.2 Å². The van der Waals surface area contributed by atoms with Crippen LogP contribution in [0.3, 0.4) is 0 Å². The van der Waals surface area contributed by atoms with Crippen LogP contribution in [0.1, 0.15) is 6.92 Å². The molecular formula is C9H17N3O3. The van der Waals surface area contributed by atoms with Crippen LogP contribution in [-0.2, 0) is 9.53 Å². The molecule has 0 aliphatic carbocycles. The molecule has 1 aliphatic heterocycles. The lowest BCUT2D eigenvalue weighted by Gasteiger charge is -2.33. The number of carbonyl (C=O) groups excluding carboxylic acids is 2. The second-order valence-electron chi connectivity index (χ2n) is 3.23. The second kappa shape index (κ2) is 5.55. The molecule has 6 nitrogen and oxygen atoms in total. The number of amides is 2. The number of rotatable bonds is 2. The number of carbonyl (C=O) groups is 2. The molecule has 1 fully saturated rings. The van der Waals surface area contributed by atoms with Crippen molar-refractivity contribution < 1.29 is 14.3 Å². The van der Waals surface area contributed by atoms with Gasteiger partial charge in [0.1, 0.15) is 6.04 Å². The molecule has 15 heavy (non-hydrogen) atoms. The highest BCUT2D eigenvalue weighted by Crippen LogP contribution is 2.05. The van der Waals surface area contributed by atoms with E-state index in [1.165, 1.54) is 4.90 Å². The van der Waals surface area contributed by atoms with Crippen molar-refractivity contribution in [3.05, 3.63) is 0 Å². The van der Waals surface area contributed by atoms with E-state index < -0.39 is 12.1 Å². The number of piperazine rings is 1. The smallest absolute Gasteiger partial charge is 0.410 e. The topological polar surface area (TPSA) is 70.7 Å². The van der Waals surface area contributed by atoms with Gasteiger partial charge in [0.2, 0.25) is 5.91 Å². The molecule has 86 valence electrons. The average molecular weight is 215 g/mol. The largest absolute Gasteiger partial charge is 0.450 e. The molecule has 1 rings (SSSR count). The van der Waals surface area contributed by atoms with Gasteiger partial charge in [0.15, 0.2) is 0 Å². The fourth-order valence-corrected chi connectivity index (χ4v) is 1.53. The van der Waals surface area contributed by atoms with Gasteiger partial charge >= 0.3 is 6.09 Å². The standard InChI is InChI=1S/C9H17N3O3/c1-3-15-9(14)12-5-4-11-6-7(12)8(13)10-2/h7,11H,3-6H2,1-2H3,(H,10,13). The Balaban J connectivity index is 2.65. The van der Waals surface area contributed by atoms with E-state index in [1.54, 1.807) is 14.0 Å². The molecule has 1 aliphatic rings. The maximum absolute atomic E-state index is 11.5. The summed E-state index contributed by atoms with van der Waals surface area (Å²) in [5.74, 6) is -0.171. The van der Waals surface area contributed by atoms with Gasteiger partial charge in [-0.1, -0.05) is 0 Å². The van der Waals surface area contributed by atoms with Gasteiger partial charge in [-0.25, -0.2) is 4.79 Å².